The Hall–Kier alpha value is -0.690. The molecule has 0 bridgehead atoms. The molecule has 0 amide bonds. The summed E-state index contributed by atoms with van der Waals surface area (Å²) in [5, 5.41) is 0.766. The van der Waals surface area contributed by atoms with Crippen molar-refractivity contribution >= 4 is 34.2 Å². The number of nitrogens with one attached hydrogen (secondary N) is 1. The predicted octanol–water partition coefficient (Wildman–Crippen LogP) is 3.57. The maximum absolute atomic E-state index is 6.23. The van der Waals surface area contributed by atoms with E-state index in [1.54, 1.807) is 0 Å². The number of nitrogens with zero attached hydrogens (tertiary/aromatic N) is 1. The van der Waals surface area contributed by atoms with Crippen molar-refractivity contribution in [2.45, 2.75) is 24.8 Å². The van der Waals surface area contributed by atoms with Gasteiger partial charge < -0.3 is 0 Å². The van der Waals surface area contributed by atoms with Crippen LogP contribution < -0.4 is 11.3 Å². The zero-order valence-corrected chi connectivity index (χ0v) is 13.7. The molecule has 2 unspecified atom stereocenters. The molecule has 0 radical (unpaired) electrons. The Morgan fingerprint density at radius 2 is 2.25 bits per heavy atom. The van der Waals surface area contributed by atoms with Gasteiger partial charge in [0.15, 0.2) is 0 Å². The molecule has 2 atom stereocenters. The minimum absolute atomic E-state index is 0.0423. The highest BCUT2D eigenvalue weighted by Gasteiger charge is 2.31. The SMILES string of the molecule is NNC(c1ccc(I)c(Cl)c1)C1CCc2cccnc21. The number of benzene rings is 1. The molecule has 3 nitrogen and oxygen atoms in total. The Morgan fingerprint density at radius 1 is 1.40 bits per heavy atom. The number of hydrogen-bond donors (Lipinski definition) is 2. The van der Waals surface area contributed by atoms with E-state index in [-0.39, 0.29) is 6.04 Å². The molecule has 0 saturated carbocycles. The van der Waals surface area contributed by atoms with Crippen molar-refractivity contribution < 1.29 is 0 Å². The molecule has 1 aliphatic rings. The average molecular weight is 400 g/mol. The van der Waals surface area contributed by atoms with Gasteiger partial charge in [-0.25, -0.2) is 0 Å². The Bertz CT molecular complexity index is 632. The van der Waals surface area contributed by atoms with Gasteiger partial charge in [0, 0.05) is 21.4 Å². The van der Waals surface area contributed by atoms with E-state index in [1.165, 1.54) is 5.56 Å². The summed E-state index contributed by atoms with van der Waals surface area (Å²) in [5.74, 6) is 6.11. The minimum atomic E-state index is 0.0423. The highest BCUT2D eigenvalue weighted by molar-refractivity contribution is 14.1. The Labute approximate surface area is 137 Å². The Morgan fingerprint density at radius 3 is 3.00 bits per heavy atom. The predicted molar refractivity (Wildman–Crippen MR) is 89.5 cm³/mol. The molecule has 2 aromatic rings. The van der Waals surface area contributed by atoms with Crippen LogP contribution in [-0.2, 0) is 6.42 Å². The molecule has 0 aliphatic heterocycles. The van der Waals surface area contributed by atoms with Gasteiger partial charge in [-0.15, -0.1) is 0 Å². The third-order valence-corrected chi connectivity index (χ3v) is 5.46. The smallest absolute Gasteiger partial charge is 0.0544 e. The molecule has 1 heterocycles. The fourth-order valence-corrected chi connectivity index (χ4v) is 3.44. The fourth-order valence-electron chi connectivity index (χ4n) is 2.92. The molecule has 5 heteroatoms. The quantitative estimate of drug-likeness (QED) is 0.471. The van der Waals surface area contributed by atoms with Gasteiger partial charge in [-0.3, -0.25) is 16.3 Å². The van der Waals surface area contributed by atoms with E-state index in [0.29, 0.717) is 5.92 Å². The molecule has 1 aliphatic carbocycles. The maximum Gasteiger partial charge on any atom is 0.0544 e. The van der Waals surface area contributed by atoms with Gasteiger partial charge in [0.25, 0.3) is 0 Å². The van der Waals surface area contributed by atoms with Gasteiger partial charge in [0.2, 0.25) is 0 Å². The summed E-state index contributed by atoms with van der Waals surface area (Å²) in [6, 6.07) is 10.3. The number of fused-ring (bicyclic) bond motifs is 1. The van der Waals surface area contributed by atoms with Crippen LogP contribution in [0.2, 0.25) is 5.02 Å². The standard InChI is InChI=1S/C15H15ClIN3/c16-12-8-10(4-6-13(12)17)15(20-18)11-5-3-9-2-1-7-19-14(9)11/h1-2,4,6-8,11,15,20H,3,5,18H2. The first-order chi connectivity index (χ1) is 9.70. The first kappa shape index (κ1) is 14.3. The summed E-state index contributed by atoms with van der Waals surface area (Å²) in [6.07, 6.45) is 3.97. The molecule has 0 fully saturated rings. The third kappa shape index (κ3) is 2.57. The van der Waals surface area contributed by atoms with Gasteiger partial charge in [0.1, 0.15) is 0 Å². The lowest BCUT2D eigenvalue weighted by Crippen LogP contribution is -2.32. The van der Waals surface area contributed by atoms with Crippen molar-refractivity contribution in [2.75, 3.05) is 0 Å². The number of hydrogen-bond acceptors (Lipinski definition) is 3. The van der Waals surface area contributed by atoms with Crippen molar-refractivity contribution in [3.8, 4) is 0 Å². The molecule has 3 N–H and O–H groups in total. The van der Waals surface area contributed by atoms with E-state index in [0.717, 1.165) is 32.7 Å². The summed E-state index contributed by atoms with van der Waals surface area (Å²) in [4.78, 5) is 4.55. The lowest BCUT2D eigenvalue weighted by Gasteiger charge is -2.23. The van der Waals surface area contributed by atoms with Crippen molar-refractivity contribution in [2.24, 2.45) is 5.84 Å². The topological polar surface area (TPSA) is 50.9 Å². The van der Waals surface area contributed by atoms with E-state index in [2.05, 4.69) is 45.1 Å². The number of nitrogens with two attached hydrogens (primary N) is 1. The second-order valence-corrected chi connectivity index (χ2v) is 6.58. The maximum atomic E-state index is 6.23. The van der Waals surface area contributed by atoms with Crippen LogP contribution >= 0.6 is 34.2 Å². The zero-order chi connectivity index (χ0) is 14.1. The lowest BCUT2D eigenvalue weighted by atomic mass is 9.91. The van der Waals surface area contributed by atoms with Crippen LogP contribution in [-0.4, -0.2) is 4.98 Å². The van der Waals surface area contributed by atoms with Gasteiger partial charge in [-0.05, 0) is 64.8 Å². The average Bonchev–Trinajstić information content (AvgIpc) is 2.88. The fraction of sp³-hybridized carbons (Fsp3) is 0.267. The van der Waals surface area contributed by atoms with Crippen LogP contribution in [0.4, 0.5) is 0 Å². The number of pyridine rings is 1. The van der Waals surface area contributed by atoms with E-state index in [4.69, 9.17) is 17.4 Å². The molecular formula is C15H15ClIN3. The zero-order valence-electron chi connectivity index (χ0n) is 10.8. The van der Waals surface area contributed by atoms with Crippen molar-refractivity contribution in [3.05, 3.63) is 61.9 Å². The molecular weight excluding hydrogens is 385 g/mol. The summed E-state index contributed by atoms with van der Waals surface area (Å²) < 4.78 is 1.05. The number of aryl methyl sites for hydroxylation is 1. The molecule has 0 saturated heterocycles. The van der Waals surface area contributed by atoms with Crippen molar-refractivity contribution in [1.29, 1.82) is 0 Å². The van der Waals surface area contributed by atoms with Gasteiger partial charge in [-0.2, -0.15) is 0 Å². The number of hydrazine groups is 1. The van der Waals surface area contributed by atoms with Crippen LogP contribution in [0.15, 0.2) is 36.5 Å². The number of rotatable bonds is 3. The lowest BCUT2D eigenvalue weighted by molar-refractivity contribution is 0.447. The highest BCUT2D eigenvalue weighted by Crippen LogP contribution is 2.40. The van der Waals surface area contributed by atoms with E-state index >= 15 is 0 Å². The van der Waals surface area contributed by atoms with Crippen LogP contribution in [0, 0.1) is 3.57 Å². The largest absolute Gasteiger partial charge is 0.271 e. The van der Waals surface area contributed by atoms with Crippen molar-refractivity contribution in [1.82, 2.24) is 10.4 Å². The summed E-state index contributed by atoms with van der Waals surface area (Å²) in [6.45, 7) is 0. The van der Waals surface area contributed by atoms with Crippen LogP contribution in [0.5, 0.6) is 0 Å². The molecule has 104 valence electrons. The molecule has 0 spiro atoms. The molecule has 20 heavy (non-hydrogen) atoms. The molecule has 1 aromatic carbocycles. The van der Waals surface area contributed by atoms with Crippen LogP contribution in [0.25, 0.3) is 0 Å². The van der Waals surface area contributed by atoms with Gasteiger partial charge >= 0.3 is 0 Å². The van der Waals surface area contributed by atoms with Gasteiger partial charge in [-0.1, -0.05) is 23.7 Å². The van der Waals surface area contributed by atoms with Crippen molar-refractivity contribution in [3.63, 3.8) is 0 Å². The summed E-state index contributed by atoms with van der Waals surface area (Å²) in [5.41, 5.74) is 6.54. The summed E-state index contributed by atoms with van der Waals surface area (Å²) in [7, 11) is 0. The van der Waals surface area contributed by atoms with Crippen LogP contribution in [0.3, 0.4) is 0 Å². The normalized spacial score (nSPS) is 18.9. The van der Waals surface area contributed by atoms with E-state index < -0.39 is 0 Å². The second-order valence-electron chi connectivity index (χ2n) is 5.01. The molecule has 3 rings (SSSR count). The first-order valence-corrected chi connectivity index (χ1v) is 8.01. The second kappa shape index (κ2) is 5.97. The first-order valence-electron chi connectivity index (χ1n) is 6.55. The minimum Gasteiger partial charge on any atom is -0.271 e. The number of halogens is 2. The monoisotopic (exact) mass is 399 g/mol. The van der Waals surface area contributed by atoms with Gasteiger partial charge in [0.05, 0.1) is 11.1 Å². The molecule has 1 aromatic heterocycles. The highest BCUT2D eigenvalue weighted by atomic mass is 127. The van der Waals surface area contributed by atoms with E-state index in [9.17, 15) is 0 Å². The Balaban J connectivity index is 1.97. The van der Waals surface area contributed by atoms with E-state index in [1.807, 2.05) is 24.4 Å². The third-order valence-electron chi connectivity index (χ3n) is 3.89. The Kier molecular flexibility index (Phi) is 4.26. The number of aromatic nitrogens is 1. The summed E-state index contributed by atoms with van der Waals surface area (Å²) >= 11 is 8.46. The van der Waals surface area contributed by atoms with Crippen LogP contribution in [0.1, 0.15) is 35.2 Å².